The molecule has 0 fully saturated rings. The minimum Gasteiger partial charge on any atom is -0.382 e. The predicted octanol–water partition coefficient (Wildman–Crippen LogP) is 3.49. The van der Waals surface area contributed by atoms with Crippen LogP contribution in [0.1, 0.15) is 19.8 Å². The molecule has 0 atom stereocenters. The molecule has 1 rings (SSSR count). The number of nitrogens with zero attached hydrogens (tertiary/aromatic N) is 2. The van der Waals surface area contributed by atoms with Crippen LogP contribution in [0.5, 0.6) is 0 Å². The number of guanidine groups is 1. The number of unbranched alkanes of at least 4 members (excludes halogenated alkanes) is 1. The van der Waals surface area contributed by atoms with Gasteiger partial charge in [0.1, 0.15) is 6.54 Å². The zero-order chi connectivity index (χ0) is 19.9. The second kappa shape index (κ2) is 17.2. The monoisotopic (exact) mass is 542 g/mol. The van der Waals surface area contributed by atoms with Crippen molar-refractivity contribution in [1.82, 2.24) is 15.5 Å². The van der Waals surface area contributed by atoms with Gasteiger partial charge in [-0.2, -0.15) is 0 Å². The number of ether oxygens (including phenoxy) is 1. The third-order valence-corrected chi connectivity index (χ3v) is 4.83. The number of benzene rings is 1. The summed E-state index contributed by atoms with van der Waals surface area (Å²) in [6.07, 6.45) is 1.99. The van der Waals surface area contributed by atoms with Gasteiger partial charge in [0.15, 0.2) is 5.96 Å². The van der Waals surface area contributed by atoms with Crippen molar-refractivity contribution in [1.29, 1.82) is 0 Å². The molecule has 0 radical (unpaired) electrons. The minimum atomic E-state index is -0.0250. The molecule has 1 aromatic carbocycles. The lowest BCUT2D eigenvalue weighted by Crippen LogP contribution is -2.40. The van der Waals surface area contributed by atoms with E-state index in [0.717, 1.165) is 49.9 Å². The quantitative estimate of drug-likeness (QED) is 0.139. The Morgan fingerprint density at radius 2 is 1.86 bits per heavy atom. The van der Waals surface area contributed by atoms with Gasteiger partial charge in [-0.3, -0.25) is 4.79 Å². The van der Waals surface area contributed by atoms with E-state index in [1.54, 1.807) is 30.8 Å². The second-order valence-electron chi connectivity index (χ2n) is 6.01. The Hall–Kier alpha value is -0.710. The van der Waals surface area contributed by atoms with Gasteiger partial charge in [-0.05, 0) is 44.0 Å². The molecule has 0 aliphatic rings. The van der Waals surface area contributed by atoms with Crippen LogP contribution in [0.4, 0.5) is 0 Å². The Morgan fingerprint density at radius 3 is 2.50 bits per heavy atom. The number of hydrogen-bond donors (Lipinski definition) is 2. The van der Waals surface area contributed by atoms with Gasteiger partial charge in [0.25, 0.3) is 0 Å². The summed E-state index contributed by atoms with van der Waals surface area (Å²) < 4.78 is 5.34. The van der Waals surface area contributed by atoms with E-state index in [0.29, 0.717) is 5.96 Å². The number of carbonyl (C=O) groups is 1. The van der Waals surface area contributed by atoms with E-state index in [1.165, 1.54) is 4.90 Å². The molecule has 6 nitrogen and oxygen atoms in total. The summed E-state index contributed by atoms with van der Waals surface area (Å²) in [4.78, 5) is 18.9. The van der Waals surface area contributed by atoms with Crippen LogP contribution in [0.2, 0.25) is 5.02 Å². The molecule has 0 spiro atoms. The van der Waals surface area contributed by atoms with E-state index in [2.05, 4.69) is 15.6 Å². The maximum atomic E-state index is 11.8. The first kappa shape index (κ1) is 27.3. The van der Waals surface area contributed by atoms with Crippen molar-refractivity contribution < 1.29 is 9.53 Å². The van der Waals surface area contributed by atoms with Crippen molar-refractivity contribution in [2.45, 2.75) is 24.7 Å². The number of halogens is 2. The fourth-order valence-corrected chi connectivity index (χ4v) is 2.91. The fourth-order valence-electron chi connectivity index (χ4n) is 2.01. The molecular formula is C19H32ClIN4O2S. The third-order valence-electron chi connectivity index (χ3n) is 3.56. The van der Waals surface area contributed by atoms with Crippen molar-refractivity contribution in [3.63, 3.8) is 0 Å². The standard InChI is InChI=1S/C19H31ClN4O2S.HI/c1-4-26-13-6-5-11-21-19(23-15-18(25)24(2)3)22-12-14-27-17-9-7-16(20)8-10-17;/h7-10H,4-6,11-15H2,1-3H3,(H2,21,22,23);1H. The zero-order valence-corrected chi connectivity index (χ0v) is 20.8. The summed E-state index contributed by atoms with van der Waals surface area (Å²) in [6.45, 7) is 5.19. The molecule has 9 heteroatoms. The number of amides is 1. The lowest BCUT2D eigenvalue weighted by atomic mass is 10.3. The number of hydrogen-bond acceptors (Lipinski definition) is 4. The van der Waals surface area contributed by atoms with Crippen LogP contribution in [0.3, 0.4) is 0 Å². The van der Waals surface area contributed by atoms with Crippen molar-refractivity contribution in [3.05, 3.63) is 29.3 Å². The highest BCUT2D eigenvalue weighted by Crippen LogP contribution is 2.19. The molecule has 0 aliphatic carbocycles. The van der Waals surface area contributed by atoms with Crippen LogP contribution >= 0.6 is 47.3 Å². The first-order chi connectivity index (χ1) is 13.0. The molecule has 0 saturated carbocycles. The van der Waals surface area contributed by atoms with Crippen LogP contribution in [0.25, 0.3) is 0 Å². The van der Waals surface area contributed by atoms with Gasteiger partial charge in [0.2, 0.25) is 5.91 Å². The summed E-state index contributed by atoms with van der Waals surface area (Å²) in [5.74, 6) is 1.52. The maximum absolute atomic E-state index is 11.8. The topological polar surface area (TPSA) is 66.0 Å². The van der Waals surface area contributed by atoms with Crippen LogP contribution in [0.15, 0.2) is 34.2 Å². The van der Waals surface area contributed by atoms with Crippen LogP contribution in [0, 0.1) is 0 Å². The Labute approximate surface area is 195 Å². The Balaban J connectivity index is 0.00000729. The number of rotatable bonds is 12. The first-order valence-electron chi connectivity index (χ1n) is 9.21. The smallest absolute Gasteiger partial charge is 0.243 e. The Kier molecular flexibility index (Phi) is 16.7. The zero-order valence-electron chi connectivity index (χ0n) is 16.9. The lowest BCUT2D eigenvalue weighted by Gasteiger charge is -2.14. The third kappa shape index (κ3) is 13.5. The highest BCUT2D eigenvalue weighted by Gasteiger charge is 2.04. The molecular weight excluding hydrogens is 511 g/mol. The van der Waals surface area contributed by atoms with Gasteiger partial charge < -0.3 is 20.3 Å². The molecule has 0 saturated heterocycles. The second-order valence-corrected chi connectivity index (χ2v) is 7.62. The van der Waals surface area contributed by atoms with E-state index in [-0.39, 0.29) is 36.4 Å². The van der Waals surface area contributed by atoms with Crippen molar-refractivity contribution >= 4 is 59.2 Å². The minimum absolute atomic E-state index is 0. The van der Waals surface area contributed by atoms with Gasteiger partial charge in [-0.25, -0.2) is 4.99 Å². The Morgan fingerprint density at radius 1 is 1.18 bits per heavy atom. The summed E-state index contributed by atoms with van der Waals surface area (Å²) in [5.41, 5.74) is 0. The highest BCUT2D eigenvalue weighted by atomic mass is 127. The van der Waals surface area contributed by atoms with Crippen molar-refractivity contribution in [3.8, 4) is 0 Å². The molecule has 0 heterocycles. The summed E-state index contributed by atoms with van der Waals surface area (Å²) in [5, 5.41) is 7.31. The largest absolute Gasteiger partial charge is 0.382 e. The van der Waals surface area contributed by atoms with E-state index >= 15 is 0 Å². The number of carbonyl (C=O) groups excluding carboxylic acids is 1. The number of nitrogens with one attached hydrogen (secondary N) is 2. The van der Waals surface area contributed by atoms with Gasteiger partial charge in [0, 0.05) is 56.1 Å². The SMILES string of the molecule is CCOCCCCNC(=NCC(=O)N(C)C)NCCSc1ccc(Cl)cc1.I. The maximum Gasteiger partial charge on any atom is 0.243 e. The molecule has 1 aromatic rings. The highest BCUT2D eigenvalue weighted by molar-refractivity contribution is 14.0. The van der Waals surface area contributed by atoms with Gasteiger partial charge in [-0.1, -0.05) is 11.6 Å². The molecule has 0 aromatic heterocycles. The summed E-state index contributed by atoms with van der Waals surface area (Å²) in [6, 6.07) is 7.80. The molecule has 0 aliphatic heterocycles. The average Bonchev–Trinajstić information content (AvgIpc) is 2.66. The van der Waals surface area contributed by atoms with E-state index in [4.69, 9.17) is 16.3 Å². The van der Waals surface area contributed by atoms with E-state index < -0.39 is 0 Å². The molecule has 2 N–H and O–H groups in total. The summed E-state index contributed by atoms with van der Waals surface area (Å²) in [7, 11) is 3.46. The van der Waals surface area contributed by atoms with Crippen LogP contribution in [-0.4, -0.2) is 69.5 Å². The first-order valence-corrected chi connectivity index (χ1v) is 10.6. The average molecular weight is 543 g/mol. The molecule has 1 amide bonds. The van der Waals surface area contributed by atoms with Crippen LogP contribution < -0.4 is 10.6 Å². The fraction of sp³-hybridized carbons (Fsp3) is 0.579. The molecule has 0 bridgehead atoms. The summed E-state index contributed by atoms with van der Waals surface area (Å²) >= 11 is 7.64. The van der Waals surface area contributed by atoms with Gasteiger partial charge in [-0.15, -0.1) is 35.7 Å². The lowest BCUT2D eigenvalue weighted by molar-refractivity contribution is -0.127. The van der Waals surface area contributed by atoms with Gasteiger partial charge in [0.05, 0.1) is 0 Å². The normalized spacial score (nSPS) is 10.9. The van der Waals surface area contributed by atoms with Crippen LogP contribution in [-0.2, 0) is 9.53 Å². The van der Waals surface area contributed by atoms with Crippen molar-refractivity contribution in [2.24, 2.45) is 4.99 Å². The number of thioether (sulfide) groups is 1. The Bertz CT molecular complexity index is 574. The predicted molar refractivity (Wildman–Crippen MR) is 130 cm³/mol. The number of aliphatic imine (C=N–C) groups is 1. The number of likely N-dealkylation sites (N-methyl/N-ethyl adjacent to an activating group) is 1. The van der Waals surface area contributed by atoms with E-state index in [1.807, 2.05) is 31.2 Å². The van der Waals surface area contributed by atoms with E-state index in [9.17, 15) is 4.79 Å². The van der Waals surface area contributed by atoms with Crippen molar-refractivity contribution in [2.75, 3.05) is 52.7 Å². The molecule has 160 valence electrons. The van der Waals surface area contributed by atoms with Gasteiger partial charge >= 0.3 is 0 Å². The molecule has 28 heavy (non-hydrogen) atoms. The molecule has 0 unspecified atom stereocenters.